The van der Waals surface area contributed by atoms with Crippen LogP contribution in [0.15, 0.2) is 42.5 Å². The van der Waals surface area contributed by atoms with Crippen LogP contribution < -0.4 is 15.2 Å². The summed E-state index contributed by atoms with van der Waals surface area (Å²) in [6.07, 6.45) is 0. The molecule has 0 aliphatic heterocycles. The number of anilines is 1. The molecular formula is C13H12ClNO2. The van der Waals surface area contributed by atoms with E-state index >= 15 is 0 Å². The summed E-state index contributed by atoms with van der Waals surface area (Å²) < 4.78 is 10.7. The minimum atomic E-state index is 0.508. The maximum atomic E-state index is 5.81. The van der Waals surface area contributed by atoms with Gasteiger partial charge in [0.2, 0.25) is 0 Å². The molecule has 0 aromatic heterocycles. The fourth-order valence-corrected chi connectivity index (χ4v) is 1.56. The fraction of sp³-hybridized carbons (Fsp3) is 0.0769. The van der Waals surface area contributed by atoms with Crippen molar-refractivity contribution in [2.75, 3.05) is 12.8 Å². The highest BCUT2D eigenvalue weighted by atomic mass is 35.5. The molecule has 0 bridgehead atoms. The van der Waals surface area contributed by atoms with Crippen LogP contribution >= 0.6 is 11.6 Å². The molecule has 3 nitrogen and oxygen atoms in total. The molecule has 0 heterocycles. The number of nitrogens with two attached hydrogens (primary N) is 1. The van der Waals surface area contributed by atoms with E-state index in [1.807, 2.05) is 24.3 Å². The molecular weight excluding hydrogens is 238 g/mol. The Balaban J connectivity index is 2.19. The molecule has 2 rings (SSSR count). The van der Waals surface area contributed by atoms with Gasteiger partial charge < -0.3 is 15.2 Å². The lowest BCUT2D eigenvalue weighted by Crippen LogP contribution is -1.92. The van der Waals surface area contributed by atoms with Gasteiger partial charge >= 0.3 is 0 Å². The van der Waals surface area contributed by atoms with Gasteiger partial charge in [0.15, 0.2) is 0 Å². The van der Waals surface area contributed by atoms with E-state index in [1.54, 1.807) is 25.3 Å². The molecule has 2 N–H and O–H groups in total. The number of methoxy groups -OCH3 is 1. The first-order valence-electron chi connectivity index (χ1n) is 5.06. The number of halogens is 1. The van der Waals surface area contributed by atoms with Crippen molar-refractivity contribution in [2.45, 2.75) is 0 Å². The zero-order chi connectivity index (χ0) is 12.3. The van der Waals surface area contributed by atoms with Crippen molar-refractivity contribution in [1.82, 2.24) is 0 Å². The number of rotatable bonds is 3. The van der Waals surface area contributed by atoms with Crippen molar-refractivity contribution in [2.24, 2.45) is 0 Å². The molecule has 88 valence electrons. The minimum Gasteiger partial charge on any atom is -0.497 e. The lowest BCUT2D eigenvalue weighted by atomic mass is 10.3. The van der Waals surface area contributed by atoms with E-state index in [9.17, 15) is 0 Å². The maximum absolute atomic E-state index is 5.81. The third-order valence-electron chi connectivity index (χ3n) is 2.26. The van der Waals surface area contributed by atoms with Gasteiger partial charge in [0, 0.05) is 5.02 Å². The van der Waals surface area contributed by atoms with Crippen molar-refractivity contribution in [3.63, 3.8) is 0 Å². The van der Waals surface area contributed by atoms with Crippen LogP contribution in [0.5, 0.6) is 17.2 Å². The summed E-state index contributed by atoms with van der Waals surface area (Å²) in [5.41, 5.74) is 6.30. The van der Waals surface area contributed by atoms with Crippen LogP contribution in [0.25, 0.3) is 0 Å². The number of ether oxygens (including phenoxy) is 2. The summed E-state index contributed by atoms with van der Waals surface area (Å²) in [6.45, 7) is 0. The molecule has 0 amide bonds. The SMILES string of the molecule is COc1ccc(Oc2ccc(Cl)cc2N)cc1. The van der Waals surface area contributed by atoms with Gasteiger partial charge in [-0.25, -0.2) is 0 Å². The number of hydrogen-bond donors (Lipinski definition) is 1. The van der Waals surface area contributed by atoms with Crippen molar-refractivity contribution >= 4 is 17.3 Å². The van der Waals surface area contributed by atoms with Gasteiger partial charge in [0.1, 0.15) is 17.2 Å². The van der Waals surface area contributed by atoms with E-state index in [0.29, 0.717) is 22.2 Å². The van der Waals surface area contributed by atoms with Crippen LogP contribution in [-0.2, 0) is 0 Å². The van der Waals surface area contributed by atoms with Gasteiger partial charge in [-0.3, -0.25) is 0 Å². The first kappa shape index (κ1) is 11.6. The van der Waals surface area contributed by atoms with Crippen LogP contribution in [0, 0.1) is 0 Å². The van der Waals surface area contributed by atoms with Crippen molar-refractivity contribution in [3.8, 4) is 17.2 Å². The first-order chi connectivity index (χ1) is 8.19. The monoisotopic (exact) mass is 249 g/mol. The van der Waals surface area contributed by atoms with Gasteiger partial charge in [0.25, 0.3) is 0 Å². The fourth-order valence-electron chi connectivity index (χ4n) is 1.38. The topological polar surface area (TPSA) is 44.5 Å². The summed E-state index contributed by atoms with van der Waals surface area (Å²) in [4.78, 5) is 0. The van der Waals surface area contributed by atoms with E-state index < -0.39 is 0 Å². The van der Waals surface area contributed by atoms with Crippen molar-refractivity contribution in [1.29, 1.82) is 0 Å². The summed E-state index contributed by atoms with van der Waals surface area (Å²) >= 11 is 5.81. The highest BCUT2D eigenvalue weighted by Crippen LogP contribution is 2.30. The first-order valence-corrected chi connectivity index (χ1v) is 5.44. The lowest BCUT2D eigenvalue weighted by molar-refractivity contribution is 0.413. The second kappa shape index (κ2) is 4.97. The highest BCUT2D eigenvalue weighted by molar-refractivity contribution is 6.30. The Morgan fingerprint density at radius 1 is 1.00 bits per heavy atom. The number of hydrogen-bond acceptors (Lipinski definition) is 3. The standard InChI is InChI=1S/C13H12ClNO2/c1-16-10-3-5-11(6-4-10)17-13-7-2-9(14)8-12(13)15/h2-8H,15H2,1H3. The Kier molecular flexibility index (Phi) is 3.40. The van der Waals surface area contributed by atoms with Crippen LogP contribution in [0.3, 0.4) is 0 Å². The maximum Gasteiger partial charge on any atom is 0.150 e. The Morgan fingerprint density at radius 2 is 1.65 bits per heavy atom. The smallest absolute Gasteiger partial charge is 0.150 e. The Bertz CT molecular complexity index is 511. The molecule has 0 spiro atoms. The van der Waals surface area contributed by atoms with Crippen LogP contribution in [0.1, 0.15) is 0 Å². The van der Waals surface area contributed by atoms with Crippen LogP contribution in [0.2, 0.25) is 5.02 Å². The van der Waals surface area contributed by atoms with E-state index in [1.165, 1.54) is 0 Å². The molecule has 0 unspecified atom stereocenters. The molecule has 0 aliphatic carbocycles. The minimum absolute atomic E-state index is 0.508. The Labute approximate surface area is 105 Å². The van der Waals surface area contributed by atoms with Gasteiger partial charge in [-0.15, -0.1) is 0 Å². The van der Waals surface area contributed by atoms with E-state index in [-0.39, 0.29) is 0 Å². The zero-order valence-corrected chi connectivity index (χ0v) is 10.1. The quantitative estimate of drug-likeness (QED) is 0.843. The molecule has 4 heteroatoms. The molecule has 0 aliphatic rings. The third-order valence-corrected chi connectivity index (χ3v) is 2.49. The molecule has 0 saturated heterocycles. The molecule has 0 radical (unpaired) electrons. The van der Waals surface area contributed by atoms with Gasteiger partial charge in [-0.2, -0.15) is 0 Å². The van der Waals surface area contributed by atoms with E-state index in [2.05, 4.69) is 0 Å². The number of benzene rings is 2. The highest BCUT2D eigenvalue weighted by Gasteiger charge is 2.03. The van der Waals surface area contributed by atoms with Crippen LogP contribution in [-0.4, -0.2) is 7.11 Å². The molecule has 2 aromatic rings. The Hall–Kier alpha value is -1.87. The average molecular weight is 250 g/mol. The second-order valence-corrected chi connectivity index (χ2v) is 3.90. The van der Waals surface area contributed by atoms with E-state index in [4.69, 9.17) is 26.8 Å². The number of nitrogen functional groups attached to an aromatic ring is 1. The van der Waals surface area contributed by atoms with Gasteiger partial charge in [-0.1, -0.05) is 11.6 Å². The van der Waals surface area contributed by atoms with E-state index in [0.717, 1.165) is 5.75 Å². The average Bonchev–Trinajstić information content (AvgIpc) is 2.34. The lowest BCUT2D eigenvalue weighted by Gasteiger charge is -2.09. The summed E-state index contributed by atoms with van der Waals surface area (Å²) in [7, 11) is 1.62. The molecule has 17 heavy (non-hydrogen) atoms. The largest absolute Gasteiger partial charge is 0.497 e. The predicted molar refractivity (Wildman–Crippen MR) is 68.9 cm³/mol. The molecule has 2 aromatic carbocycles. The normalized spacial score (nSPS) is 10.0. The molecule has 0 saturated carbocycles. The van der Waals surface area contributed by atoms with Crippen molar-refractivity contribution in [3.05, 3.63) is 47.5 Å². The summed E-state index contributed by atoms with van der Waals surface area (Å²) in [5, 5.41) is 0.588. The second-order valence-electron chi connectivity index (χ2n) is 3.46. The van der Waals surface area contributed by atoms with Crippen molar-refractivity contribution < 1.29 is 9.47 Å². The zero-order valence-electron chi connectivity index (χ0n) is 9.31. The van der Waals surface area contributed by atoms with Crippen LogP contribution in [0.4, 0.5) is 5.69 Å². The molecule has 0 fully saturated rings. The molecule has 0 atom stereocenters. The third kappa shape index (κ3) is 2.82. The van der Waals surface area contributed by atoms with Gasteiger partial charge in [0.05, 0.1) is 12.8 Å². The predicted octanol–water partition coefficient (Wildman–Crippen LogP) is 3.72. The summed E-state index contributed by atoms with van der Waals surface area (Å²) in [5.74, 6) is 2.06. The Morgan fingerprint density at radius 3 is 2.24 bits per heavy atom. The van der Waals surface area contributed by atoms with Gasteiger partial charge in [-0.05, 0) is 42.5 Å². The summed E-state index contributed by atoms with van der Waals surface area (Å²) in [6, 6.07) is 12.4.